The zero-order chi connectivity index (χ0) is 11.5. The van der Waals surface area contributed by atoms with Crippen LogP contribution >= 0.6 is 11.8 Å². The van der Waals surface area contributed by atoms with Gasteiger partial charge in [0.2, 0.25) is 5.16 Å². The topological polar surface area (TPSA) is 73.0 Å². The third kappa shape index (κ3) is 1.94. The highest BCUT2D eigenvalue weighted by Crippen LogP contribution is 2.11. The van der Waals surface area contributed by atoms with Crippen LogP contribution < -0.4 is 5.43 Å². The van der Waals surface area contributed by atoms with Crippen molar-refractivity contribution in [3.05, 3.63) is 30.0 Å². The molecule has 0 fully saturated rings. The maximum atomic E-state index is 11.7. The largest absolute Gasteiger partial charge is 0.459 e. The molecule has 0 aromatic carbocycles. The second-order valence-corrected chi connectivity index (χ2v) is 3.76. The number of thioether (sulfide) groups is 1. The maximum Gasteiger partial charge on any atom is 0.305 e. The number of aryl methyl sites for hydroxylation is 1. The Morgan fingerprint density at radius 1 is 1.56 bits per heavy atom. The predicted octanol–water partition coefficient (Wildman–Crippen LogP) is 1.29. The van der Waals surface area contributed by atoms with Crippen LogP contribution in [0, 0.1) is 6.92 Å². The third-order valence-corrected chi connectivity index (χ3v) is 2.57. The molecule has 0 spiro atoms. The molecule has 0 atom stereocenters. The summed E-state index contributed by atoms with van der Waals surface area (Å²) in [5.74, 6) is 0.535. The Balaban J connectivity index is 2.21. The number of amides is 1. The van der Waals surface area contributed by atoms with E-state index in [1.807, 2.05) is 6.26 Å². The van der Waals surface area contributed by atoms with Gasteiger partial charge in [0.1, 0.15) is 5.82 Å². The second kappa shape index (κ2) is 4.40. The maximum absolute atomic E-state index is 11.7. The Labute approximate surface area is 96.0 Å². The van der Waals surface area contributed by atoms with Crippen LogP contribution in [0.2, 0.25) is 0 Å². The SMILES string of the molecule is CSc1nnc(C)n1NC(=O)c1ccco1. The van der Waals surface area contributed by atoms with Crippen LogP contribution in [0.25, 0.3) is 0 Å². The summed E-state index contributed by atoms with van der Waals surface area (Å²) in [6, 6.07) is 3.25. The number of hydrogen-bond acceptors (Lipinski definition) is 5. The van der Waals surface area contributed by atoms with Gasteiger partial charge in [-0.05, 0) is 25.3 Å². The van der Waals surface area contributed by atoms with Gasteiger partial charge < -0.3 is 4.42 Å². The molecule has 0 bridgehead atoms. The lowest BCUT2D eigenvalue weighted by molar-refractivity contribution is 0.0979. The van der Waals surface area contributed by atoms with Crippen LogP contribution in [0.5, 0.6) is 0 Å². The fourth-order valence-electron chi connectivity index (χ4n) is 1.17. The van der Waals surface area contributed by atoms with Crippen molar-refractivity contribution in [2.24, 2.45) is 0 Å². The summed E-state index contributed by atoms with van der Waals surface area (Å²) in [6.07, 6.45) is 3.31. The van der Waals surface area contributed by atoms with Crippen molar-refractivity contribution in [3.63, 3.8) is 0 Å². The monoisotopic (exact) mass is 238 g/mol. The van der Waals surface area contributed by atoms with E-state index < -0.39 is 0 Å². The average Bonchev–Trinajstić information content (AvgIpc) is 2.89. The molecule has 0 aliphatic heterocycles. The van der Waals surface area contributed by atoms with Gasteiger partial charge in [-0.2, -0.15) is 0 Å². The van der Waals surface area contributed by atoms with E-state index in [9.17, 15) is 4.79 Å². The van der Waals surface area contributed by atoms with Gasteiger partial charge in [-0.25, -0.2) is 4.68 Å². The quantitative estimate of drug-likeness (QED) is 0.815. The number of hydrogen-bond donors (Lipinski definition) is 1. The van der Waals surface area contributed by atoms with Crippen molar-refractivity contribution in [3.8, 4) is 0 Å². The number of carbonyl (C=O) groups excluding carboxylic acids is 1. The molecule has 6 nitrogen and oxygen atoms in total. The molecule has 7 heteroatoms. The number of aromatic nitrogens is 3. The summed E-state index contributed by atoms with van der Waals surface area (Å²) in [6.45, 7) is 1.76. The van der Waals surface area contributed by atoms with Crippen molar-refractivity contribution >= 4 is 17.7 Å². The van der Waals surface area contributed by atoms with Crippen molar-refractivity contribution < 1.29 is 9.21 Å². The van der Waals surface area contributed by atoms with E-state index in [1.165, 1.54) is 22.7 Å². The minimum atomic E-state index is -0.330. The van der Waals surface area contributed by atoms with Crippen LogP contribution in [0.4, 0.5) is 0 Å². The van der Waals surface area contributed by atoms with E-state index >= 15 is 0 Å². The molecule has 0 radical (unpaired) electrons. The summed E-state index contributed by atoms with van der Waals surface area (Å²) in [5, 5.41) is 8.39. The minimum absolute atomic E-state index is 0.250. The molecule has 0 saturated carbocycles. The summed E-state index contributed by atoms with van der Waals surface area (Å²) in [4.78, 5) is 11.7. The van der Waals surface area contributed by atoms with Gasteiger partial charge in [-0.3, -0.25) is 10.2 Å². The van der Waals surface area contributed by atoms with Crippen molar-refractivity contribution in [1.82, 2.24) is 14.9 Å². The van der Waals surface area contributed by atoms with E-state index in [0.29, 0.717) is 11.0 Å². The van der Waals surface area contributed by atoms with Gasteiger partial charge in [-0.1, -0.05) is 11.8 Å². The molecule has 0 aliphatic rings. The van der Waals surface area contributed by atoms with Crippen molar-refractivity contribution in [2.75, 3.05) is 11.7 Å². The van der Waals surface area contributed by atoms with E-state index in [0.717, 1.165) is 0 Å². The van der Waals surface area contributed by atoms with Crippen LogP contribution in [0.3, 0.4) is 0 Å². The molecule has 1 amide bonds. The molecule has 0 aliphatic carbocycles. The first-order chi connectivity index (χ1) is 7.72. The van der Waals surface area contributed by atoms with E-state index in [-0.39, 0.29) is 11.7 Å². The van der Waals surface area contributed by atoms with E-state index in [4.69, 9.17) is 4.42 Å². The highest BCUT2D eigenvalue weighted by molar-refractivity contribution is 7.98. The van der Waals surface area contributed by atoms with Crippen LogP contribution in [-0.2, 0) is 0 Å². The van der Waals surface area contributed by atoms with E-state index in [2.05, 4.69) is 15.6 Å². The molecular formula is C9H10N4O2S. The lowest BCUT2D eigenvalue weighted by Gasteiger charge is -2.06. The summed E-state index contributed by atoms with van der Waals surface area (Å²) < 4.78 is 6.51. The third-order valence-electron chi connectivity index (χ3n) is 1.94. The standard InChI is InChI=1S/C9H10N4O2S/c1-6-10-11-9(16-2)13(6)12-8(14)7-4-3-5-15-7/h3-5H,1-2H3,(H,12,14). The molecule has 2 aromatic heterocycles. The Morgan fingerprint density at radius 3 is 3.00 bits per heavy atom. The number of nitrogens with one attached hydrogen (secondary N) is 1. The first-order valence-electron chi connectivity index (χ1n) is 4.53. The minimum Gasteiger partial charge on any atom is -0.459 e. The van der Waals surface area contributed by atoms with Gasteiger partial charge in [-0.15, -0.1) is 10.2 Å². The molecule has 2 heterocycles. The number of carbonyl (C=O) groups is 1. The fourth-order valence-corrected chi connectivity index (χ4v) is 1.65. The normalized spacial score (nSPS) is 10.4. The van der Waals surface area contributed by atoms with Gasteiger partial charge in [0.25, 0.3) is 0 Å². The zero-order valence-electron chi connectivity index (χ0n) is 8.80. The molecule has 2 aromatic rings. The Kier molecular flexibility index (Phi) is 2.95. The van der Waals surface area contributed by atoms with Crippen molar-refractivity contribution in [2.45, 2.75) is 12.1 Å². The number of nitrogens with zero attached hydrogens (tertiary/aromatic N) is 3. The predicted molar refractivity (Wildman–Crippen MR) is 58.9 cm³/mol. The average molecular weight is 238 g/mol. The smallest absolute Gasteiger partial charge is 0.305 e. The van der Waals surface area contributed by atoms with Crippen molar-refractivity contribution in [1.29, 1.82) is 0 Å². The molecule has 84 valence electrons. The first-order valence-corrected chi connectivity index (χ1v) is 5.75. The molecule has 0 saturated heterocycles. The summed E-state index contributed by atoms with van der Waals surface area (Å²) in [7, 11) is 0. The first kappa shape index (κ1) is 10.7. The second-order valence-electron chi connectivity index (χ2n) is 2.99. The van der Waals surface area contributed by atoms with Crippen LogP contribution in [-0.4, -0.2) is 27.0 Å². The Bertz CT molecular complexity index is 492. The highest BCUT2D eigenvalue weighted by Gasteiger charge is 2.13. The molecule has 1 N–H and O–H groups in total. The summed E-state index contributed by atoms with van der Waals surface area (Å²) in [5.41, 5.74) is 2.65. The van der Waals surface area contributed by atoms with E-state index in [1.54, 1.807) is 19.1 Å². The Morgan fingerprint density at radius 2 is 2.38 bits per heavy atom. The van der Waals surface area contributed by atoms with Gasteiger partial charge in [0, 0.05) is 0 Å². The Hall–Kier alpha value is -1.76. The molecule has 16 heavy (non-hydrogen) atoms. The lowest BCUT2D eigenvalue weighted by atomic mass is 10.4. The zero-order valence-corrected chi connectivity index (χ0v) is 9.61. The van der Waals surface area contributed by atoms with Gasteiger partial charge in [0.15, 0.2) is 5.76 Å². The molecule has 2 rings (SSSR count). The van der Waals surface area contributed by atoms with Crippen LogP contribution in [0.1, 0.15) is 16.4 Å². The van der Waals surface area contributed by atoms with Gasteiger partial charge >= 0.3 is 5.91 Å². The fraction of sp³-hybridized carbons (Fsp3) is 0.222. The van der Waals surface area contributed by atoms with Crippen LogP contribution in [0.15, 0.2) is 28.0 Å². The highest BCUT2D eigenvalue weighted by atomic mass is 32.2. The number of rotatable bonds is 3. The lowest BCUT2D eigenvalue weighted by Crippen LogP contribution is -2.24. The summed E-state index contributed by atoms with van der Waals surface area (Å²) >= 11 is 1.40. The molecular weight excluding hydrogens is 228 g/mol. The van der Waals surface area contributed by atoms with Gasteiger partial charge in [0.05, 0.1) is 6.26 Å². The molecule has 0 unspecified atom stereocenters. The number of furan rings is 1.